The van der Waals surface area contributed by atoms with E-state index in [1.165, 1.54) is 0 Å². The zero-order chi connectivity index (χ0) is 7.98. The van der Waals surface area contributed by atoms with E-state index in [1.54, 1.807) is 0 Å². The SMILES string of the molecule is C=COC(=O)OC(=C)CC. The van der Waals surface area contributed by atoms with Gasteiger partial charge in [0.1, 0.15) is 5.76 Å². The minimum absolute atomic E-state index is 0.381. The van der Waals surface area contributed by atoms with Gasteiger partial charge in [-0.3, -0.25) is 0 Å². The van der Waals surface area contributed by atoms with Gasteiger partial charge in [-0.25, -0.2) is 4.79 Å². The molecule has 0 saturated heterocycles. The van der Waals surface area contributed by atoms with Crippen molar-refractivity contribution in [2.45, 2.75) is 13.3 Å². The predicted molar refractivity (Wildman–Crippen MR) is 37.2 cm³/mol. The second-order valence-corrected chi connectivity index (χ2v) is 1.53. The molecule has 0 saturated carbocycles. The summed E-state index contributed by atoms with van der Waals surface area (Å²) < 4.78 is 8.77. The zero-order valence-electron chi connectivity index (χ0n) is 5.92. The van der Waals surface area contributed by atoms with Crippen LogP contribution in [0.5, 0.6) is 0 Å². The van der Waals surface area contributed by atoms with E-state index in [2.05, 4.69) is 22.6 Å². The summed E-state index contributed by atoms with van der Waals surface area (Å²) in [5.74, 6) is 0.381. The maximum atomic E-state index is 10.4. The maximum Gasteiger partial charge on any atom is 0.518 e. The van der Waals surface area contributed by atoms with Crippen LogP contribution in [0.4, 0.5) is 4.79 Å². The Kier molecular flexibility index (Phi) is 4.04. The van der Waals surface area contributed by atoms with E-state index < -0.39 is 6.16 Å². The average Bonchev–Trinajstić information content (AvgIpc) is 1.88. The van der Waals surface area contributed by atoms with Crippen molar-refractivity contribution in [2.24, 2.45) is 0 Å². The highest BCUT2D eigenvalue weighted by molar-refractivity contribution is 5.61. The number of hydrogen-bond acceptors (Lipinski definition) is 3. The lowest BCUT2D eigenvalue weighted by atomic mass is 10.4. The predicted octanol–water partition coefficient (Wildman–Crippen LogP) is 2.21. The zero-order valence-corrected chi connectivity index (χ0v) is 5.92. The molecule has 10 heavy (non-hydrogen) atoms. The summed E-state index contributed by atoms with van der Waals surface area (Å²) >= 11 is 0. The van der Waals surface area contributed by atoms with Gasteiger partial charge in [-0.05, 0) is 0 Å². The third kappa shape index (κ3) is 3.72. The van der Waals surface area contributed by atoms with Crippen molar-refractivity contribution in [1.82, 2.24) is 0 Å². The van der Waals surface area contributed by atoms with Crippen molar-refractivity contribution in [3.05, 3.63) is 25.2 Å². The fourth-order valence-electron chi connectivity index (χ4n) is 0.282. The quantitative estimate of drug-likeness (QED) is 0.447. The van der Waals surface area contributed by atoms with E-state index in [0.717, 1.165) is 6.26 Å². The molecule has 0 aromatic carbocycles. The Bertz CT molecular complexity index is 149. The Hall–Kier alpha value is -1.25. The molecular formula is C7H10O3. The Morgan fingerprint density at radius 2 is 2.30 bits per heavy atom. The van der Waals surface area contributed by atoms with Crippen LogP contribution in [0.2, 0.25) is 0 Å². The van der Waals surface area contributed by atoms with Crippen LogP contribution >= 0.6 is 0 Å². The second kappa shape index (κ2) is 4.61. The van der Waals surface area contributed by atoms with Crippen LogP contribution in [-0.2, 0) is 9.47 Å². The highest BCUT2D eigenvalue weighted by Gasteiger charge is 2.01. The summed E-state index contributed by atoms with van der Waals surface area (Å²) in [6, 6.07) is 0. The summed E-state index contributed by atoms with van der Waals surface area (Å²) in [6.07, 6.45) is 0.805. The van der Waals surface area contributed by atoms with Crippen LogP contribution < -0.4 is 0 Å². The standard InChI is InChI=1S/C7H10O3/c1-4-6(3)10-7(8)9-5-2/h5H,2-4H2,1H3. The van der Waals surface area contributed by atoms with Gasteiger partial charge >= 0.3 is 6.16 Å². The molecule has 0 bridgehead atoms. The molecule has 0 radical (unpaired) electrons. The van der Waals surface area contributed by atoms with Gasteiger partial charge in [-0.15, -0.1) is 0 Å². The normalized spacial score (nSPS) is 8.10. The molecule has 0 rings (SSSR count). The maximum absolute atomic E-state index is 10.4. The Morgan fingerprint density at radius 1 is 1.70 bits per heavy atom. The Morgan fingerprint density at radius 3 is 2.70 bits per heavy atom. The van der Waals surface area contributed by atoms with Crippen molar-refractivity contribution in [1.29, 1.82) is 0 Å². The highest BCUT2D eigenvalue weighted by Crippen LogP contribution is 2.00. The molecule has 0 aliphatic rings. The molecule has 3 nitrogen and oxygen atoms in total. The molecule has 0 aliphatic carbocycles. The molecule has 0 aromatic heterocycles. The largest absolute Gasteiger partial charge is 0.518 e. The van der Waals surface area contributed by atoms with E-state index >= 15 is 0 Å². The summed E-state index contributed by atoms with van der Waals surface area (Å²) in [5, 5.41) is 0. The minimum Gasteiger partial charge on any atom is -0.403 e. The van der Waals surface area contributed by atoms with Crippen molar-refractivity contribution in [3.8, 4) is 0 Å². The molecule has 0 aliphatic heterocycles. The Balaban J connectivity index is 3.57. The fraction of sp³-hybridized carbons (Fsp3) is 0.286. The molecule has 0 atom stereocenters. The molecule has 0 heterocycles. The average molecular weight is 142 g/mol. The first-order valence-corrected chi connectivity index (χ1v) is 2.87. The van der Waals surface area contributed by atoms with Crippen LogP contribution in [0.15, 0.2) is 25.2 Å². The minimum atomic E-state index is -0.790. The summed E-state index contributed by atoms with van der Waals surface area (Å²) in [5.41, 5.74) is 0. The molecule has 56 valence electrons. The van der Waals surface area contributed by atoms with Gasteiger partial charge in [0.25, 0.3) is 0 Å². The first-order valence-electron chi connectivity index (χ1n) is 2.87. The molecule has 3 heteroatoms. The van der Waals surface area contributed by atoms with Gasteiger partial charge in [0.2, 0.25) is 0 Å². The van der Waals surface area contributed by atoms with Crippen molar-refractivity contribution in [3.63, 3.8) is 0 Å². The van der Waals surface area contributed by atoms with E-state index in [0.29, 0.717) is 12.2 Å². The van der Waals surface area contributed by atoms with Crippen LogP contribution in [0, 0.1) is 0 Å². The summed E-state index contributed by atoms with van der Waals surface area (Å²) in [6.45, 7) is 8.44. The number of rotatable bonds is 3. The van der Waals surface area contributed by atoms with E-state index in [4.69, 9.17) is 0 Å². The summed E-state index contributed by atoms with van der Waals surface area (Å²) in [4.78, 5) is 10.4. The molecule has 0 N–H and O–H groups in total. The van der Waals surface area contributed by atoms with Gasteiger partial charge in [0.15, 0.2) is 0 Å². The van der Waals surface area contributed by atoms with E-state index in [9.17, 15) is 4.79 Å². The molecule has 0 spiro atoms. The van der Waals surface area contributed by atoms with Gasteiger partial charge in [-0.2, -0.15) is 0 Å². The van der Waals surface area contributed by atoms with Crippen LogP contribution in [-0.4, -0.2) is 6.16 Å². The molecule has 0 fully saturated rings. The number of ether oxygens (including phenoxy) is 2. The number of hydrogen-bond donors (Lipinski definition) is 0. The van der Waals surface area contributed by atoms with Gasteiger partial charge in [0.05, 0.1) is 6.26 Å². The highest BCUT2D eigenvalue weighted by atomic mass is 16.7. The second-order valence-electron chi connectivity index (χ2n) is 1.53. The topological polar surface area (TPSA) is 35.5 Å². The third-order valence-electron chi connectivity index (χ3n) is 0.802. The van der Waals surface area contributed by atoms with E-state index in [1.807, 2.05) is 6.92 Å². The van der Waals surface area contributed by atoms with Gasteiger partial charge < -0.3 is 9.47 Å². The van der Waals surface area contributed by atoms with Crippen molar-refractivity contribution < 1.29 is 14.3 Å². The summed E-state index contributed by atoms with van der Waals surface area (Å²) in [7, 11) is 0. The third-order valence-corrected chi connectivity index (χ3v) is 0.802. The smallest absolute Gasteiger partial charge is 0.403 e. The first-order chi connectivity index (χ1) is 4.70. The molecule has 0 amide bonds. The van der Waals surface area contributed by atoms with Crippen LogP contribution in [0.25, 0.3) is 0 Å². The van der Waals surface area contributed by atoms with Gasteiger partial charge in [0, 0.05) is 6.42 Å². The van der Waals surface area contributed by atoms with Crippen molar-refractivity contribution in [2.75, 3.05) is 0 Å². The Labute approximate surface area is 59.9 Å². The van der Waals surface area contributed by atoms with Crippen molar-refractivity contribution >= 4 is 6.16 Å². The molecular weight excluding hydrogens is 132 g/mol. The number of carbonyl (C=O) groups excluding carboxylic acids is 1. The fourth-order valence-corrected chi connectivity index (χ4v) is 0.282. The lowest BCUT2D eigenvalue weighted by molar-refractivity contribution is 0.109. The van der Waals surface area contributed by atoms with Crippen LogP contribution in [0.3, 0.4) is 0 Å². The number of allylic oxidation sites excluding steroid dienone is 1. The monoisotopic (exact) mass is 142 g/mol. The molecule has 0 aromatic rings. The van der Waals surface area contributed by atoms with Gasteiger partial charge in [-0.1, -0.05) is 20.1 Å². The lowest BCUT2D eigenvalue weighted by Gasteiger charge is -2.01. The van der Waals surface area contributed by atoms with Crippen LogP contribution in [0.1, 0.15) is 13.3 Å². The van der Waals surface area contributed by atoms with E-state index in [-0.39, 0.29) is 0 Å². The first kappa shape index (κ1) is 8.75. The lowest BCUT2D eigenvalue weighted by Crippen LogP contribution is -2.01. The molecule has 0 unspecified atom stereocenters. The number of carbonyl (C=O) groups is 1.